The fraction of sp³-hybridized carbons (Fsp3) is 0.417. The highest BCUT2D eigenvalue weighted by molar-refractivity contribution is 5.95. The third-order valence-electron chi connectivity index (χ3n) is 5.23. The van der Waals surface area contributed by atoms with E-state index in [4.69, 9.17) is 25.4 Å². The van der Waals surface area contributed by atoms with Crippen LogP contribution < -0.4 is 15.8 Å². The predicted octanol–water partition coefficient (Wildman–Crippen LogP) is 4.23. The number of carbonyl (C=O) groups is 1. The Morgan fingerprint density at radius 2 is 1.88 bits per heavy atom. The molecular formula is C24H32ClN3O4. The molecule has 0 aromatic heterocycles. The van der Waals surface area contributed by atoms with Crippen LogP contribution in [0.4, 0.5) is 5.69 Å². The van der Waals surface area contributed by atoms with Crippen molar-refractivity contribution in [1.29, 1.82) is 5.41 Å². The van der Waals surface area contributed by atoms with Gasteiger partial charge in [0.1, 0.15) is 17.7 Å². The SMILES string of the molecule is CCOC(=O)C(Nc1ccc(C(=N)N)cc1)c1cc(CC)cc(OC2CCOCC2)c1.Cl. The molecule has 0 saturated carbocycles. The van der Waals surface area contributed by atoms with Crippen LogP contribution in [0.25, 0.3) is 0 Å². The highest BCUT2D eigenvalue weighted by Crippen LogP contribution is 2.28. The number of aryl methyl sites for hydroxylation is 1. The molecule has 0 bridgehead atoms. The van der Waals surface area contributed by atoms with Gasteiger partial charge < -0.3 is 25.3 Å². The van der Waals surface area contributed by atoms with Crippen LogP contribution in [0.5, 0.6) is 5.75 Å². The predicted molar refractivity (Wildman–Crippen MR) is 128 cm³/mol. The van der Waals surface area contributed by atoms with Gasteiger partial charge in [-0.15, -0.1) is 12.4 Å². The largest absolute Gasteiger partial charge is 0.490 e. The number of nitrogen functional groups attached to an aromatic ring is 1. The van der Waals surface area contributed by atoms with Crippen LogP contribution in [-0.2, 0) is 20.7 Å². The summed E-state index contributed by atoms with van der Waals surface area (Å²) in [6.07, 6.45) is 2.64. The molecule has 174 valence electrons. The molecule has 0 aliphatic carbocycles. The van der Waals surface area contributed by atoms with E-state index >= 15 is 0 Å². The van der Waals surface area contributed by atoms with E-state index in [-0.39, 0.29) is 30.3 Å². The summed E-state index contributed by atoms with van der Waals surface area (Å²) in [4.78, 5) is 12.8. The zero-order chi connectivity index (χ0) is 22.2. The van der Waals surface area contributed by atoms with Crippen LogP contribution in [0.15, 0.2) is 42.5 Å². The third kappa shape index (κ3) is 6.87. The Morgan fingerprint density at radius 3 is 2.47 bits per heavy atom. The Labute approximate surface area is 195 Å². The van der Waals surface area contributed by atoms with Crippen molar-refractivity contribution < 1.29 is 19.0 Å². The topological polar surface area (TPSA) is 107 Å². The van der Waals surface area contributed by atoms with Crippen molar-refractivity contribution in [3.05, 3.63) is 59.2 Å². The number of rotatable bonds is 9. The molecule has 7 nitrogen and oxygen atoms in total. The minimum atomic E-state index is -0.688. The van der Waals surface area contributed by atoms with Crippen LogP contribution in [0.3, 0.4) is 0 Å². The van der Waals surface area contributed by atoms with E-state index in [2.05, 4.69) is 12.2 Å². The quantitative estimate of drug-likeness (QED) is 0.293. The van der Waals surface area contributed by atoms with Crippen molar-refractivity contribution in [2.24, 2.45) is 5.73 Å². The van der Waals surface area contributed by atoms with Crippen molar-refractivity contribution in [2.45, 2.75) is 45.3 Å². The monoisotopic (exact) mass is 461 g/mol. The first-order valence-electron chi connectivity index (χ1n) is 10.8. The van der Waals surface area contributed by atoms with Crippen LogP contribution in [-0.4, -0.2) is 37.7 Å². The molecule has 0 amide bonds. The molecule has 1 saturated heterocycles. The average molecular weight is 462 g/mol. The number of anilines is 1. The number of carbonyl (C=O) groups excluding carboxylic acids is 1. The van der Waals surface area contributed by atoms with Crippen LogP contribution in [0, 0.1) is 5.41 Å². The second-order valence-corrected chi connectivity index (χ2v) is 7.51. The lowest BCUT2D eigenvalue weighted by atomic mass is 10.0. The average Bonchev–Trinajstić information content (AvgIpc) is 2.78. The molecule has 1 aliphatic heterocycles. The van der Waals surface area contributed by atoms with E-state index in [1.807, 2.05) is 18.2 Å². The molecule has 1 unspecified atom stereocenters. The second-order valence-electron chi connectivity index (χ2n) is 7.51. The summed E-state index contributed by atoms with van der Waals surface area (Å²) >= 11 is 0. The first-order valence-corrected chi connectivity index (χ1v) is 10.8. The molecule has 0 spiro atoms. The maximum Gasteiger partial charge on any atom is 0.333 e. The lowest BCUT2D eigenvalue weighted by molar-refractivity contribution is -0.144. The fourth-order valence-corrected chi connectivity index (χ4v) is 3.53. The minimum Gasteiger partial charge on any atom is -0.490 e. The molecule has 0 radical (unpaired) electrons. The number of benzene rings is 2. The van der Waals surface area contributed by atoms with E-state index in [9.17, 15) is 4.79 Å². The van der Waals surface area contributed by atoms with E-state index in [0.717, 1.165) is 41.8 Å². The van der Waals surface area contributed by atoms with Gasteiger partial charge in [-0.05, 0) is 60.9 Å². The van der Waals surface area contributed by atoms with Gasteiger partial charge in [-0.25, -0.2) is 4.79 Å². The van der Waals surface area contributed by atoms with Crippen molar-refractivity contribution in [2.75, 3.05) is 25.1 Å². The maximum absolute atomic E-state index is 12.8. The maximum atomic E-state index is 12.8. The first-order chi connectivity index (χ1) is 15.0. The first kappa shape index (κ1) is 25.5. The Morgan fingerprint density at radius 1 is 1.19 bits per heavy atom. The zero-order valence-corrected chi connectivity index (χ0v) is 19.4. The van der Waals surface area contributed by atoms with Crippen molar-refractivity contribution in [1.82, 2.24) is 0 Å². The third-order valence-corrected chi connectivity index (χ3v) is 5.23. The van der Waals surface area contributed by atoms with Gasteiger partial charge >= 0.3 is 5.97 Å². The van der Waals surface area contributed by atoms with Crippen LogP contribution in [0.2, 0.25) is 0 Å². The van der Waals surface area contributed by atoms with Gasteiger partial charge in [-0.3, -0.25) is 5.41 Å². The van der Waals surface area contributed by atoms with Crippen LogP contribution >= 0.6 is 12.4 Å². The standard InChI is InChI=1S/C24H31N3O4.ClH/c1-3-16-13-18(15-21(14-16)31-20-9-11-29-12-10-20)22(24(28)30-4-2)27-19-7-5-17(6-8-19)23(25)26;/h5-8,13-15,20,22,27H,3-4,9-12H2,1-2H3,(H3,25,26);1H. The highest BCUT2D eigenvalue weighted by atomic mass is 35.5. The van der Waals surface area contributed by atoms with E-state index in [0.29, 0.717) is 25.4 Å². The van der Waals surface area contributed by atoms with Crippen LogP contribution in [0.1, 0.15) is 49.4 Å². The Bertz CT molecular complexity index is 899. The lowest BCUT2D eigenvalue weighted by Gasteiger charge is -2.25. The van der Waals surface area contributed by atoms with Gasteiger partial charge in [0.15, 0.2) is 6.04 Å². The molecule has 8 heteroatoms. The summed E-state index contributed by atoms with van der Waals surface area (Å²) in [5.74, 6) is 0.395. The van der Waals surface area contributed by atoms with Gasteiger partial charge in [0.25, 0.3) is 0 Å². The number of halogens is 1. The highest BCUT2D eigenvalue weighted by Gasteiger charge is 2.24. The molecule has 2 aromatic carbocycles. The number of ether oxygens (including phenoxy) is 3. The van der Waals surface area contributed by atoms with Crippen molar-refractivity contribution in [3.8, 4) is 5.75 Å². The van der Waals surface area contributed by atoms with Gasteiger partial charge in [0, 0.05) is 24.1 Å². The van der Waals surface area contributed by atoms with Gasteiger partial charge in [-0.2, -0.15) is 0 Å². The van der Waals surface area contributed by atoms with Gasteiger partial charge in [0.05, 0.1) is 19.8 Å². The van der Waals surface area contributed by atoms with E-state index < -0.39 is 6.04 Å². The Balaban J connectivity index is 0.00000363. The summed E-state index contributed by atoms with van der Waals surface area (Å²) in [5.41, 5.74) is 8.77. The number of nitrogens with two attached hydrogens (primary N) is 1. The summed E-state index contributed by atoms with van der Waals surface area (Å²) in [5, 5.41) is 10.8. The smallest absolute Gasteiger partial charge is 0.333 e. The molecule has 3 rings (SSSR count). The molecule has 4 N–H and O–H groups in total. The van der Waals surface area contributed by atoms with E-state index in [1.54, 1.807) is 31.2 Å². The van der Waals surface area contributed by atoms with E-state index in [1.165, 1.54) is 0 Å². The molecule has 1 fully saturated rings. The number of amidine groups is 1. The molecule has 2 aromatic rings. The second kappa shape index (κ2) is 12.3. The number of hydrogen-bond donors (Lipinski definition) is 3. The van der Waals surface area contributed by atoms with Gasteiger partial charge in [0.2, 0.25) is 0 Å². The normalized spacial score (nSPS) is 14.7. The number of esters is 1. The summed E-state index contributed by atoms with van der Waals surface area (Å²) in [6.45, 7) is 5.56. The lowest BCUT2D eigenvalue weighted by Crippen LogP contribution is -2.26. The Kier molecular flexibility index (Phi) is 9.81. The molecule has 1 heterocycles. The molecule has 32 heavy (non-hydrogen) atoms. The summed E-state index contributed by atoms with van der Waals surface area (Å²) in [7, 11) is 0. The number of hydrogen-bond acceptors (Lipinski definition) is 6. The zero-order valence-electron chi connectivity index (χ0n) is 18.6. The molecular weight excluding hydrogens is 430 g/mol. The Hall–Kier alpha value is -2.77. The molecule has 1 atom stereocenters. The summed E-state index contributed by atoms with van der Waals surface area (Å²) in [6, 6.07) is 12.3. The molecule has 1 aliphatic rings. The minimum absolute atomic E-state index is 0. The summed E-state index contributed by atoms with van der Waals surface area (Å²) < 4.78 is 17.0. The van der Waals surface area contributed by atoms with Crippen molar-refractivity contribution >= 4 is 29.9 Å². The number of nitrogens with one attached hydrogen (secondary N) is 2. The van der Waals surface area contributed by atoms with Crippen molar-refractivity contribution in [3.63, 3.8) is 0 Å². The fourth-order valence-electron chi connectivity index (χ4n) is 3.53. The van der Waals surface area contributed by atoms with Gasteiger partial charge in [-0.1, -0.05) is 13.0 Å².